The molecular weight excluding hydrogens is 544 g/mol. The molecule has 11 N–H and O–H groups in total. The summed E-state index contributed by atoms with van der Waals surface area (Å²) in [4.78, 5) is 54.1. The molecule has 0 aliphatic heterocycles. The number of rotatable bonds is 16. The number of benzene rings is 2. The monoisotopic (exact) mass is 582 g/mol. The molecule has 0 saturated heterocycles. The minimum atomic E-state index is -1.50. The van der Waals surface area contributed by atoms with Crippen molar-refractivity contribution in [2.45, 2.75) is 56.3 Å². The number of carbonyl (C=O) groups is 4. The fourth-order valence-electron chi connectivity index (χ4n) is 4.45. The second kappa shape index (κ2) is 15.5. The molecule has 0 aliphatic carbocycles. The predicted octanol–water partition coefficient (Wildman–Crippen LogP) is -0.354. The fraction of sp³-hybridized carbons (Fsp3) is 0.379. The number of H-pyrrole nitrogens is 1. The second-order valence-corrected chi connectivity index (χ2v) is 10.0. The smallest absolute Gasteiger partial charge is 0.326 e. The predicted molar refractivity (Wildman–Crippen MR) is 155 cm³/mol. The number of aliphatic hydroxyl groups excluding tert-OH is 1. The summed E-state index contributed by atoms with van der Waals surface area (Å²) in [6.07, 6.45) is 3.27. The SMILES string of the molecule is NCCCCC(N)C(=O)NC(Cc1ccc(O)cc1)C(=O)NC(CO)C(=O)NC(Cc1c[nH]c2ccccc12)C(=O)O. The molecule has 1 aromatic heterocycles. The fourth-order valence-corrected chi connectivity index (χ4v) is 4.45. The number of nitrogens with one attached hydrogen (secondary N) is 4. The highest BCUT2D eigenvalue weighted by Gasteiger charge is 2.30. The van der Waals surface area contributed by atoms with Gasteiger partial charge >= 0.3 is 5.97 Å². The van der Waals surface area contributed by atoms with Gasteiger partial charge in [-0.3, -0.25) is 14.4 Å². The summed E-state index contributed by atoms with van der Waals surface area (Å²) >= 11 is 0. The number of phenolic OH excluding ortho intramolecular Hbond substituents is 1. The van der Waals surface area contributed by atoms with Crippen LogP contribution < -0.4 is 27.4 Å². The minimum Gasteiger partial charge on any atom is -0.508 e. The lowest BCUT2D eigenvalue weighted by molar-refractivity contribution is -0.142. The van der Waals surface area contributed by atoms with E-state index in [0.717, 1.165) is 10.9 Å². The molecule has 0 spiro atoms. The first-order chi connectivity index (χ1) is 20.1. The van der Waals surface area contributed by atoms with Gasteiger partial charge in [0.05, 0.1) is 12.6 Å². The molecule has 0 fully saturated rings. The first kappa shape index (κ1) is 32.1. The van der Waals surface area contributed by atoms with Gasteiger partial charge in [-0.25, -0.2) is 4.79 Å². The number of phenols is 1. The first-order valence-corrected chi connectivity index (χ1v) is 13.7. The maximum absolute atomic E-state index is 13.3. The van der Waals surface area contributed by atoms with E-state index in [1.165, 1.54) is 12.1 Å². The normalized spacial score (nSPS) is 14.0. The summed E-state index contributed by atoms with van der Waals surface area (Å²) in [5, 5.41) is 37.5. The third kappa shape index (κ3) is 9.03. The third-order valence-electron chi connectivity index (χ3n) is 6.84. The Morgan fingerprint density at radius 1 is 0.833 bits per heavy atom. The Hall–Kier alpha value is -4.46. The molecular formula is C29H38N6O7. The highest BCUT2D eigenvalue weighted by molar-refractivity contribution is 5.94. The van der Waals surface area contributed by atoms with Gasteiger partial charge in [0.25, 0.3) is 0 Å². The molecule has 0 aliphatic rings. The van der Waals surface area contributed by atoms with Crippen molar-refractivity contribution < 1.29 is 34.5 Å². The van der Waals surface area contributed by atoms with Crippen LogP contribution in [0.2, 0.25) is 0 Å². The first-order valence-electron chi connectivity index (χ1n) is 13.7. The zero-order valence-electron chi connectivity index (χ0n) is 23.1. The Labute approximate surface area is 242 Å². The van der Waals surface area contributed by atoms with Gasteiger partial charge in [0.15, 0.2) is 0 Å². The van der Waals surface area contributed by atoms with E-state index in [-0.39, 0.29) is 18.6 Å². The number of hydrogen-bond acceptors (Lipinski definition) is 8. The number of aliphatic hydroxyl groups is 1. The summed E-state index contributed by atoms with van der Waals surface area (Å²) in [6.45, 7) is -0.370. The Morgan fingerprint density at radius 3 is 2.14 bits per heavy atom. The van der Waals surface area contributed by atoms with Gasteiger partial charge in [-0.2, -0.15) is 0 Å². The molecule has 13 heteroatoms. The van der Waals surface area contributed by atoms with Crippen LogP contribution in [0.15, 0.2) is 54.7 Å². The van der Waals surface area contributed by atoms with Crippen LogP contribution in [0.4, 0.5) is 0 Å². The number of carboxylic acids is 1. The number of para-hydroxylation sites is 1. The number of carbonyl (C=O) groups excluding carboxylic acids is 3. The van der Waals surface area contributed by atoms with Gasteiger partial charge in [0.1, 0.15) is 23.9 Å². The van der Waals surface area contributed by atoms with Crippen LogP contribution in [0.1, 0.15) is 30.4 Å². The minimum absolute atomic E-state index is 0.00848. The summed E-state index contributed by atoms with van der Waals surface area (Å²) in [5.74, 6) is -3.56. The van der Waals surface area contributed by atoms with Crippen molar-refractivity contribution in [2.24, 2.45) is 11.5 Å². The van der Waals surface area contributed by atoms with Gasteiger partial charge < -0.3 is 47.7 Å². The standard InChI is InChI=1S/C29H38N6O7/c30-12-4-3-6-21(31)26(38)33-23(13-17-8-10-19(37)11-9-17)27(39)35-25(16-36)28(40)34-24(29(41)42)14-18-15-32-22-7-2-1-5-20(18)22/h1-2,5,7-11,15,21,23-25,32,36-37H,3-4,6,12-14,16,30-31H2,(H,33,38)(H,34,40)(H,35,39)(H,41,42). The Bertz CT molecular complexity index is 1360. The highest BCUT2D eigenvalue weighted by atomic mass is 16.4. The largest absolute Gasteiger partial charge is 0.508 e. The molecule has 13 nitrogen and oxygen atoms in total. The number of aromatic amines is 1. The average Bonchev–Trinajstić information content (AvgIpc) is 3.38. The van der Waals surface area contributed by atoms with E-state index in [1.54, 1.807) is 18.3 Å². The molecule has 226 valence electrons. The van der Waals surface area contributed by atoms with E-state index in [4.69, 9.17) is 11.5 Å². The van der Waals surface area contributed by atoms with E-state index in [0.29, 0.717) is 36.9 Å². The average molecular weight is 583 g/mol. The lowest BCUT2D eigenvalue weighted by Crippen LogP contribution is -2.58. The number of aliphatic carboxylic acids is 1. The summed E-state index contributed by atoms with van der Waals surface area (Å²) < 4.78 is 0. The molecule has 3 aromatic rings. The van der Waals surface area contributed by atoms with Gasteiger partial charge in [0.2, 0.25) is 17.7 Å². The van der Waals surface area contributed by atoms with Crippen LogP contribution in [0.25, 0.3) is 10.9 Å². The quantitative estimate of drug-likeness (QED) is 0.100. The summed E-state index contributed by atoms with van der Waals surface area (Å²) in [5.41, 5.74) is 13.6. The molecule has 3 amide bonds. The zero-order valence-corrected chi connectivity index (χ0v) is 23.1. The number of hydrogen-bond donors (Lipinski definition) is 9. The van der Waals surface area contributed by atoms with E-state index < -0.39 is 54.5 Å². The summed E-state index contributed by atoms with van der Waals surface area (Å²) in [6, 6.07) is 8.37. The van der Waals surface area contributed by atoms with Gasteiger partial charge in [0, 0.05) is 29.9 Å². The van der Waals surface area contributed by atoms with Crippen molar-refractivity contribution in [2.75, 3.05) is 13.2 Å². The van der Waals surface area contributed by atoms with E-state index in [2.05, 4.69) is 20.9 Å². The van der Waals surface area contributed by atoms with Crippen LogP contribution in [-0.2, 0) is 32.0 Å². The Kier molecular flexibility index (Phi) is 11.8. The maximum Gasteiger partial charge on any atom is 0.326 e. The van der Waals surface area contributed by atoms with Gasteiger partial charge in [-0.15, -0.1) is 0 Å². The van der Waals surface area contributed by atoms with E-state index >= 15 is 0 Å². The lowest BCUT2D eigenvalue weighted by Gasteiger charge is -2.24. The number of carboxylic acid groups (broad SMARTS) is 1. The van der Waals surface area contributed by atoms with Crippen LogP contribution in [0.3, 0.4) is 0 Å². The molecule has 4 unspecified atom stereocenters. The number of aromatic nitrogens is 1. The molecule has 0 radical (unpaired) electrons. The molecule has 42 heavy (non-hydrogen) atoms. The molecule has 0 bridgehead atoms. The zero-order chi connectivity index (χ0) is 30.6. The van der Waals surface area contributed by atoms with Gasteiger partial charge in [-0.1, -0.05) is 36.8 Å². The second-order valence-electron chi connectivity index (χ2n) is 10.0. The number of fused-ring (bicyclic) bond motifs is 1. The third-order valence-corrected chi connectivity index (χ3v) is 6.84. The number of nitrogens with two attached hydrogens (primary N) is 2. The summed E-state index contributed by atoms with van der Waals surface area (Å²) in [7, 11) is 0. The lowest BCUT2D eigenvalue weighted by atomic mass is 10.0. The molecule has 4 atom stereocenters. The van der Waals surface area contributed by atoms with E-state index in [1.807, 2.05) is 24.3 Å². The maximum atomic E-state index is 13.3. The molecule has 1 heterocycles. The number of unbranched alkanes of at least 4 members (excludes halogenated alkanes) is 1. The van der Waals surface area contributed by atoms with Crippen LogP contribution in [0, 0.1) is 0 Å². The van der Waals surface area contributed by atoms with Crippen molar-refractivity contribution >= 4 is 34.6 Å². The number of aromatic hydroxyl groups is 1. The van der Waals surface area contributed by atoms with E-state index in [9.17, 15) is 34.5 Å². The van der Waals surface area contributed by atoms with Gasteiger partial charge in [-0.05, 0) is 48.7 Å². The van der Waals surface area contributed by atoms with Crippen molar-refractivity contribution in [1.82, 2.24) is 20.9 Å². The van der Waals surface area contributed by atoms with Crippen molar-refractivity contribution in [3.05, 3.63) is 65.9 Å². The van der Waals surface area contributed by atoms with Crippen molar-refractivity contribution in [3.8, 4) is 5.75 Å². The Morgan fingerprint density at radius 2 is 1.48 bits per heavy atom. The topological polar surface area (TPSA) is 233 Å². The van der Waals surface area contributed by atoms with Crippen LogP contribution in [0.5, 0.6) is 5.75 Å². The Balaban J connectivity index is 1.71. The van der Waals surface area contributed by atoms with Crippen LogP contribution >= 0.6 is 0 Å². The van der Waals surface area contributed by atoms with Crippen molar-refractivity contribution in [1.29, 1.82) is 0 Å². The van der Waals surface area contributed by atoms with Crippen molar-refractivity contribution in [3.63, 3.8) is 0 Å². The molecule has 0 saturated carbocycles. The molecule has 3 rings (SSSR count). The highest BCUT2D eigenvalue weighted by Crippen LogP contribution is 2.19. The molecule has 2 aromatic carbocycles. The van der Waals surface area contributed by atoms with Crippen LogP contribution in [-0.4, -0.2) is 81.3 Å². The number of amides is 3.